The minimum atomic E-state index is 0.372. The minimum absolute atomic E-state index is 0.372. The lowest BCUT2D eigenvalue weighted by Crippen LogP contribution is -1.96. The number of hydrogen-bond donors (Lipinski definition) is 2. The summed E-state index contributed by atoms with van der Waals surface area (Å²) in [6.07, 6.45) is 1.48. The van der Waals surface area contributed by atoms with Crippen LogP contribution in [0.15, 0.2) is 24.4 Å². The van der Waals surface area contributed by atoms with E-state index >= 15 is 0 Å². The molecular formula is C11H10Cl2N4. The molecule has 2 heterocycles. The van der Waals surface area contributed by atoms with Gasteiger partial charge in [0.05, 0.1) is 15.7 Å². The van der Waals surface area contributed by atoms with Gasteiger partial charge in [-0.25, -0.2) is 9.97 Å². The third kappa shape index (κ3) is 2.43. The van der Waals surface area contributed by atoms with E-state index < -0.39 is 0 Å². The molecule has 0 fully saturated rings. The maximum Gasteiger partial charge on any atom is 0.126 e. The largest absolute Gasteiger partial charge is 0.384 e. The monoisotopic (exact) mass is 268 g/mol. The van der Waals surface area contributed by atoms with Gasteiger partial charge in [0, 0.05) is 18.8 Å². The van der Waals surface area contributed by atoms with E-state index in [9.17, 15) is 0 Å². The summed E-state index contributed by atoms with van der Waals surface area (Å²) in [5, 5.41) is 3.91. The molecule has 0 bridgehead atoms. The Morgan fingerprint density at radius 3 is 2.71 bits per heavy atom. The minimum Gasteiger partial charge on any atom is -0.384 e. The normalized spacial score (nSPS) is 10.3. The molecule has 0 radical (unpaired) electrons. The van der Waals surface area contributed by atoms with Gasteiger partial charge in [0.15, 0.2) is 0 Å². The van der Waals surface area contributed by atoms with Crippen LogP contribution in [0.5, 0.6) is 0 Å². The molecule has 88 valence electrons. The van der Waals surface area contributed by atoms with E-state index in [1.807, 2.05) is 0 Å². The number of rotatable bonds is 2. The van der Waals surface area contributed by atoms with Gasteiger partial charge in [0.2, 0.25) is 0 Å². The molecule has 2 aromatic rings. The van der Waals surface area contributed by atoms with Crippen LogP contribution in [0, 0.1) is 0 Å². The molecule has 0 aromatic carbocycles. The fourth-order valence-electron chi connectivity index (χ4n) is 1.41. The molecule has 0 saturated carbocycles. The Labute approximate surface area is 109 Å². The molecule has 0 aliphatic carbocycles. The lowest BCUT2D eigenvalue weighted by Gasteiger charge is -2.08. The molecule has 0 spiro atoms. The first-order valence-corrected chi connectivity index (χ1v) is 5.63. The summed E-state index contributed by atoms with van der Waals surface area (Å²) in [6, 6.07) is 5.18. The average molecular weight is 269 g/mol. The molecule has 0 amide bonds. The van der Waals surface area contributed by atoms with Gasteiger partial charge in [-0.2, -0.15) is 0 Å². The van der Waals surface area contributed by atoms with Crippen molar-refractivity contribution in [1.29, 1.82) is 0 Å². The van der Waals surface area contributed by atoms with Crippen LogP contribution in [-0.2, 0) is 0 Å². The number of halogens is 2. The van der Waals surface area contributed by atoms with Gasteiger partial charge in [0.1, 0.15) is 11.6 Å². The molecule has 0 aliphatic heterocycles. The first kappa shape index (κ1) is 12.0. The van der Waals surface area contributed by atoms with Crippen molar-refractivity contribution in [2.75, 3.05) is 18.1 Å². The SMILES string of the molecule is CNc1ccc(Cl)c(-c2cc(N)ncc2Cl)n1. The number of anilines is 2. The van der Waals surface area contributed by atoms with Crippen LogP contribution in [0.4, 0.5) is 11.6 Å². The van der Waals surface area contributed by atoms with Gasteiger partial charge in [-0.15, -0.1) is 0 Å². The molecule has 2 aromatic heterocycles. The first-order chi connectivity index (χ1) is 8.11. The van der Waals surface area contributed by atoms with Crippen molar-refractivity contribution >= 4 is 34.8 Å². The van der Waals surface area contributed by atoms with Gasteiger partial charge < -0.3 is 11.1 Å². The zero-order chi connectivity index (χ0) is 12.4. The third-order valence-electron chi connectivity index (χ3n) is 2.23. The maximum absolute atomic E-state index is 6.10. The van der Waals surface area contributed by atoms with E-state index in [2.05, 4.69) is 15.3 Å². The Hall–Kier alpha value is -1.52. The number of pyridine rings is 2. The van der Waals surface area contributed by atoms with Crippen LogP contribution in [0.1, 0.15) is 0 Å². The van der Waals surface area contributed by atoms with Crippen LogP contribution in [0.25, 0.3) is 11.3 Å². The Balaban J connectivity index is 2.62. The lowest BCUT2D eigenvalue weighted by molar-refractivity contribution is 1.27. The molecular weight excluding hydrogens is 259 g/mol. The molecule has 0 saturated heterocycles. The zero-order valence-corrected chi connectivity index (χ0v) is 10.5. The number of aromatic nitrogens is 2. The summed E-state index contributed by atoms with van der Waals surface area (Å²) in [5.41, 5.74) is 6.88. The standard InChI is InChI=1S/C11H10Cl2N4/c1-15-10-3-2-7(12)11(17-10)6-4-9(14)16-5-8(6)13/h2-5H,1H3,(H2,14,16)(H,15,17). The summed E-state index contributed by atoms with van der Waals surface area (Å²) in [5.74, 6) is 1.08. The highest BCUT2D eigenvalue weighted by Crippen LogP contribution is 2.33. The van der Waals surface area contributed by atoms with Crippen LogP contribution < -0.4 is 11.1 Å². The van der Waals surface area contributed by atoms with Crippen LogP contribution in [0.3, 0.4) is 0 Å². The fraction of sp³-hybridized carbons (Fsp3) is 0.0909. The predicted octanol–water partition coefficient (Wildman–Crippen LogP) is 3.07. The topological polar surface area (TPSA) is 63.8 Å². The average Bonchev–Trinajstić information content (AvgIpc) is 2.33. The molecule has 2 rings (SSSR count). The summed E-state index contributed by atoms with van der Waals surface area (Å²) < 4.78 is 0. The van der Waals surface area contributed by atoms with Crippen molar-refractivity contribution in [3.8, 4) is 11.3 Å². The number of nitrogens with two attached hydrogens (primary N) is 1. The van der Waals surface area contributed by atoms with Gasteiger partial charge >= 0.3 is 0 Å². The summed E-state index contributed by atoms with van der Waals surface area (Å²) >= 11 is 12.2. The number of nitrogens with one attached hydrogen (secondary N) is 1. The van der Waals surface area contributed by atoms with E-state index in [1.165, 1.54) is 6.20 Å². The van der Waals surface area contributed by atoms with E-state index in [1.54, 1.807) is 25.2 Å². The third-order valence-corrected chi connectivity index (χ3v) is 2.84. The number of hydrogen-bond acceptors (Lipinski definition) is 4. The lowest BCUT2D eigenvalue weighted by atomic mass is 10.1. The Morgan fingerprint density at radius 2 is 2.00 bits per heavy atom. The smallest absolute Gasteiger partial charge is 0.126 e. The summed E-state index contributed by atoms with van der Waals surface area (Å²) in [6.45, 7) is 0. The van der Waals surface area contributed by atoms with E-state index in [4.69, 9.17) is 28.9 Å². The zero-order valence-electron chi connectivity index (χ0n) is 9.04. The van der Waals surface area contributed by atoms with E-state index in [-0.39, 0.29) is 0 Å². The van der Waals surface area contributed by atoms with Crippen molar-refractivity contribution in [3.05, 3.63) is 34.4 Å². The van der Waals surface area contributed by atoms with Crippen LogP contribution in [0.2, 0.25) is 10.0 Å². The van der Waals surface area contributed by atoms with Crippen molar-refractivity contribution in [3.63, 3.8) is 0 Å². The highest BCUT2D eigenvalue weighted by Gasteiger charge is 2.11. The Morgan fingerprint density at radius 1 is 1.24 bits per heavy atom. The van der Waals surface area contributed by atoms with Gasteiger partial charge in [0.25, 0.3) is 0 Å². The van der Waals surface area contributed by atoms with Gasteiger partial charge in [-0.05, 0) is 18.2 Å². The Bertz CT molecular complexity index is 557. The molecule has 4 nitrogen and oxygen atoms in total. The van der Waals surface area contributed by atoms with Crippen LogP contribution in [-0.4, -0.2) is 17.0 Å². The first-order valence-electron chi connectivity index (χ1n) is 4.87. The molecule has 6 heteroatoms. The van der Waals surface area contributed by atoms with E-state index in [0.717, 1.165) is 0 Å². The van der Waals surface area contributed by atoms with Crippen LogP contribution >= 0.6 is 23.2 Å². The summed E-state index contributed by atoms with van der Waals surface area (Å²) in [7, 11) is 1.78. The highest BCUT2D eigenvalue weighted by atomic mass is 35.5. The molecule has 17 heavy (non-hydrogen) atoms. The second kappa shape index (κ2) is 4.77. The van der Waals surface area contributed by atoms with Gasteiger partial charge in [-0.1, -0.05) is 23.2 Å². The second-order valence-electron chi connectivity index (χ2n) is 3.37. The highest BCUT2D eigenvalue weighted by molar-refractivity contribution is 6.36. The number of nitrogens with zero attached hydrogens (tertiary/aromatic N) is 2. The van der Waals surface area contributed by atoms with Crippen molar-refractivity contribution < 1.29 is 0 Å². The molecule has 0 unspecified atom stereocenters. The number of nitrogen functional groups attached to an aromatic ring is 1. The predicted molar refractivity (Wildman–Crippen MR) is 71.4 cm³/mol. The van der Waals surface area contributed by atoms with Crippen molar-refractivity contribution in [2.24, 2.45) is 0 Å². The fourth-order valence-corrected chi connectivity index (χ4v) is 1.81. The summed E-state index contributed by atoms with van der Waals surface area (Å²) in [4.78, 5) is 8.25. The van der Waals surface area contributed by atoms with Crippen molar-refractivity contribution in [1.82, 2.24) is 9.97 Å². The molecule has 3 N–H and O–H groups in total. The van der Waals surface area contributed by atoms with E-state index in [0.29, 0.717) is 32.9 Å². The quantitative estimate of drug-likeness (QED) is 0.879. The maximum atomic E-state index is 6.10. The molecule has 0 atom stereocenters. The van der Waals surface area contributed by atoms with Gasteiger partial charge in [-0.3, -0.25) is 0 Å². The molecule has 0 aliphatic rings. The van der Waals surface area contributed by atoms with Crippen molar-refractivity contribution in [2.45, 2.75) is 0 Å². The Kier molecular flexibility index (Phi) is 3.36. The second-order valence-corrected chi connectivity index (χ2v) is 4.18.